The van der Waals surface area contributed by atoms with E-state index in [1.165, 1.54) is 0 Å². The van der Waals surface area contributed by atoms with Crippen molar-refractivity contribution in [3.63, 3.8) is 0 Å². The van der Waals surface area contributed by atoms with Gasteiger partial charge in [-0.3, -0.25) is 9.59 Å². The van der Waals surface area contributed by atoms with Crippen LogP contribution in [0.4, 0.5) is 5.69 Å². The molecular formula is C11H6Cl3NO2. The molecule has 1 aromatic carbocycles. The van der Waals surface area contributed by atoms with Crippen LogP contribution < -0.4 is 4.90 Å². The summed E-state index contributed by atoms with van der Waals surface area (Å²) in [6, 6.07) is 4.92. The molecule has 1 aliphatic rings. The van der Waals surface area contributed by atoms with Crippen molar-refractivity contribution in [2.45, 2.75) is 6.92 Å². The number of carbonyl (C=O) groups is 2. The van der Waals surface area contributed by atoms with Crippen LogP contribution in [0.2, 0.25) is 5.02 Å². The minimum absolute atomic E-state index is 0.268. The minimum Gasteiger partial charge on any atom is -0.267 e. The highest BCUT2D eigenvalue weighted by Crippen LogP contribution is 2.34. The number of halogens is 3. The predicted molar refractivity (Wildman–Crippen MR) is 67.4 cm³/mol. The molecule has 1 aliphatic heterocycles. The highest BCUT2D eigenvalue weighted by molar-refractivity contribution is 6.62. The molecule has 0 saturated carbocycles. The van der Waals surface area contributed by atoms with Crippen LogP contribution in [0.15, 0.2) is 28.3 Å². The molecule has 0 atom stereocenters. The Hall–Kier alpha value is -1.03. The van der Waals surface area contributed by atoms with Crippen LogP contribution in [0.1, 0.15) is 5.56 Å². The lowest BCUT2D eigenvalue weighted by Gasteiger charge is -2.17. The Kier molecular flexibility index (Phi) is 3.17. The Labute approximate surface area is 113 Å². The first kappa shape index (κ1) is 12.4. The number of hydrogen-bond donors (Lipinski definition) is 0. The number of nitrogens with zero attached hydrogens (tertiary/aromatic N) is 1. The molecule has 6 heteroatoms. The quantitative estimate of drug-likeness (QED) is 0.745. The van der Waals surface area contributed by atoms with Gasteiger partial charge in [-0.2, -0.15) is 0 Å². The zero-order chi connectivity index (χ0) is 12.7. The average Bonchev–Trinajstić information content (AvgIpc) is 2.49. The van der Waals surface area contributed by atoms with Gasteiger partial charge in [-0.05, 0) is 24.6 Å². The van der Waals surface area contributed by atoms with Crippen LogP contribution in [-0.4, -0.2) is 11.8 Å². The number of carbonyl (C=O) groups excluding carboxylic acids is 2. The van der Waals surface area contributed by atoms with Gasteiger partial charge in [0.05, 0.1) is 5.69 Å². The molecule has 17 heavy (non-hydrogen) atoms. The van der Waals surface area contributed by atoms with Crippen molar-refractivity contribution in [2.24, 2.45) is 0 Å². The molecule has 0 fully saturated rings. The topological polar surface area (TPSA) is 37.4 Å². The van der Waals surface area contributed by atoms with Crippen molar-refractivity contribution >= 4 is 52.3 Å². The number of anilines is 1. The van der Waals surface area contributed by atoms with Gasteiger partial charge in [0, 0.05) is 5.02 Å². The lowest BCUT2D eigenvalue weighted by Crippen LogP contribution is -2.31. The highest BCUT2D eigenvalue weighted by atomic mass is 35.5. The first-order valence-corrected chi connectivity index (χ1v) is 5.77. The summed E-state index contributed by atoms with van der Waals surface area (Å²) < 4.78 is 0. The van der Waals surface area contributed by atoms with E-state index in [0.717, 1.165) is 4.90 Å². The van der Waals surface area contributed by atoms with E-state index in [9.17, 15) is 9.59 Å². The van der Waals surface area contributed by atoms with Gasteiger partial charge in [0.2, 0.25) is 0 Å². The van der Waals surface area contributed by atoms with Crippen molar-refractivity contribution in [2.75, 3.05) is 4.90 Å². The molecule has 2 rings (SSSR count). The lowest BCUT2D eigenvalue weighted by atomic mass is 10.2. The zero-order valence-corrected chi connectivity index (χ0v) is 10.9. The Balaban J connectivity index is 2.55. The third-order valence-corrected chi connectivity index (χ3v) is 3.66. The fourth-order valence-corrected chi connectivity index (χ4v) is 2.03. The first-order chi connectivity index (χ1) is 7.95. The van der Waals surface area contributed by atoms with Crippen molar-refractivity contribution in [3.8, 4) is 0 Å². The molecule has 3 nitrogen and oxygen atoms in total. The molecule has 0 unspecified atom stereocenters. The highest BCUT2D eigenvalue weighted by Gasteiger charge is 2.38. The molecule has 2 amide bonds. The van der Waals surface area contributed by atoms with Crippen LogP contribution in [0.3, 0.4) is 0 Å². The second kappa shape index (κ2) is 4.33. The third-order valence-electron chi connectivity index (χ3n) is 2.45. The van der Waals surface area contributed by atoms with Crippen molar-refractivity contribution in [1.82, 2.24) is 0 Å². The van der Waals surface area contributed by atoms with E-state index in [2.05, 4.69) is 0 Å². The van der Waals surface area contributed by atoms with E-state index in [0.29, 0.717) is 16.3 Å². The molecule has 0 bridgehead atoms. The van der Waals surface area contributed by atoms with Gasteiger partial charge in [-0.25, -0.2) is 4.90 Å². The number of benzene rings is 1. The largest absolute Gasteiger partial charge is 0.278 e. The van der Waals surface area contributed by atoms with Crippen LogP contribution in [-0.2, 0) is 9.59 Å². The molecule has 1 aromatic rings. The molecule has 0 aliphatic carbocycles. The number of imide groups is 1. The predicted octanol–water partition coefficient (Wildman–Crippen LogP) is 3.21. The van der Waals surface area contributed by atoms with Gasteiger partial charge in [-0.15, -0.1) is 0 Å². The second-order valence-corrected chi connectivity index (χ2v) is 4.62. The molecule has 0 aromatic heterocycles. The van der Waals surface area contributed by atoms with Crippen molar-refractivity contribution < 1.29 is 9.59 Å². The normalized spacial score (nSPS) is 16.1. The molecule has 0 radical (unpaired) electrons. The number of amides is 2. The number of rotatable bonds is 1. The fraction of sp³-hybridized carbons (Fsp3) is 0.0909. The maximum absolute atomic E-state index is 11.8. The van der Waals surface area contributed by atoms with E-state index in [1.807, 2.05) is 0 Å². The maximum atomic E-state index is 11.8. The van der Waals surface area contributed by atoms with E-state index < -0.39 is 11.8 Å². The average molecular weight is 291 g/mol. The summed E-state index contributed by atoms with van der Waals surface area (Å²) in [5.41, 5.74) is 1.01. The Bertz CT molecular complexity index is 542. The van der Waals surface area contributed by atoms with Crippen LogP contribution in [0.5, 0.6) is 0 Å². The maximum Gasteiger partial charge on any atom is 0.278 e. The Morgan fingerprint density at radius 2 is 1.53 bits per heavy atom. The fourth-order valence-electron chi connectivity index (χ4n) is 1.53. The van der Waals surface area contributed by atoms with Crippen molar-refractivity contribution in [1.29, 1.82) is 0 Å². The molecule has 1 heterocycles. The van der Waals surface area contributed by atoms with Crippen LogP contribution in [0, 0.1) is 6.92 Å². The molecule has 0 spiro atoms. The van der Waals surface area contributed by atoms with Crippen LogP contribution in [0.25, 0.3) is 0 Å². The van der Waals surface area contributed by atoms with E-state index >= 15 is 0 Å². The minimum atomic E-state index is -0.632. The molecule has 88 valence electrons. The van der Waals surface area contributed by atoms with Gasteiger partial charge >= 0.3 is 0 Å². The summed E-state index contributed by atoms with van der Waals surface area (Å²) in [7, 11) is 0. The first-order valence-electron chi connectivity index (χ1n) is 4.64. The van der Waals surface area contributed by atoms with E-state index in [1.54, 1.807) is 25.1 Å². The van der Waals surface area contributed by atoms with Crippen molar-refractivity contribution in [3.05, 3.63) is 38.8 Å². The van der Waals surface area contributed by atoms with Crippen LogP contribution >= 0.6 is 34.8 Å². The standard InChI is InChI=1S/C11H6Cl3NO2/c1-5-6(12)3-2-4-7(5)15-10(16)8(13)9(14)11(15)17/h2-4H,1H3. The second-order valence-electron chi connectivity index (χ2n) is 3.46. The van der Waals surface area contributed by atoms with Gasteiger partial charge in [0.1, 0.15) is 10.1 Å². The van der Waals surface area contributed by atoms with E-state index in [-0.39, 0.29) is 10.1 Å². The Morgan fingerprint density at radius 1 is 1.00 bits per heavy atom. The smallest absolute Gasteiger partial charge is 0.267 e. The summed E-state index contributed by atoms with van der Waals surface area (Å²) in [4.78, 5) is 24.5. The summed E-state index contributed by atoms with van der Waals surface area (Å²) in [6.07, 6.45) is 0. The monoisotopic (exact) mass is 289 g/mol. The number of hydrogen-bond acceptors (Lipinski definition) is 2. The van der Waals surface area contributed by atoms with E-state index in [4.69, 9.17) is 34.8 Å². The van der Waals surface area contributed by atoms with Gasteiger partial charge in [0.15, 0.2) is 0 Å². The molecule has 0 N–H and O–H groups in total. The van der Waals surface area contributed by atoms with Gasteiger partial charge in [-0.1, -0.05) is 40.9 Å². The summed E-state index contributed by atoms with van der Waals surface area (Å²) in [5.74, 6) is -1.26. The SMILES string of the molecule is Cc1c(Cl)cccc1N1C(=O)C(Cl)=C(Cl)C1=O. The zero-order valence-electron chi connectivity index (χ0n) is 8.63. The third kappa shape index (κ3) is 1.84. The molecular weight excluding hydrogens is 284 g/mol. The molecule has 0 saturated heterocycles. The Morgan fingerprint density at radius 3 is 2.06 bits per heavy atom. The summed E-state index contributed by atoms with van der Waals surface area (Å²) >= 11 is 17.2. The van der Waals surface area contributed by atoms with Gasteiger partial charge in [0.25, 0.3) is 11.8 Å². The summed E-state index contributed by atoms with van der Waals surface area (Å²) in [6.45, 7) is 1.71. The summed E-state index contributed by atoms with van der Waals surface area (Å²) in [5, 5.41) is -0.0747. The lowest BCUT2D eigenvalue weighted by molar-refractivity contribution is -0.120. The van der Waals surface area contributed by atoms with Gasteiger partial charge < -0.3 is 0 Å².